The Morgan fingerprint density at radius 3 is 2.21 bits per heavy atom. The lowest BCUT2D eigenvalue weighted by Crippen LogP contribution is -2.35. The molecular weight excluding hydrogens is 367 g/mol. The van der Waals surface area contributed by atoms with Gasteiger partial charge >= 0.3 is 0 Å². The minimum absolute atomic E-state index is 0.0359. The molecule has 0 radical (unpaired) electrons. The Hall–Kier alpha value is -2.34. The molecule has 1 aliphatic heterocycles. The predicted octanol–water partition coefficient (Wildman–Crippen LogP) is 4.94. The van der Waals surface area contributed by atoms with Gasteiger partial charge in [-0.05, 0) is 60.6 Å². The van der Waals surface area contributed by atoms with E-state index in [1.54, 1.807) is 17.0 Å². The first-order valence-corrected chi connectivity index (χ1v) is 9.64. The third-order valence-corrected chi connectivity index (χ3v) is 5.37. The number of ether oxygens (including phenoxy) is 1. The summed E-state index contributed by atoms with van der Waals surface area (Å²) in [6, 6.07) is 8.60. The van der Waals surface area contributed by atoms with Crippen LogP contribution in [0.4, 0.5) is 13.2 Å². The number of nitrogens with zero attached hydrogens (tertiary/aromatic N) is 1. The minimum atomic E-state index is -0.738. The van der Waals surface area contributed by atoms with E-state index in [0.717, 1.165) is 18.9 Å². The van der Waals surface area contributed by atoms with E-state index in [0.29, 0.717) is 43.0 Å². The molecule has 0 unspecified atom stereocenters. The van der Waals surface area contributed by atoms with E-state index < -0.39 is 23.8 Å². The van der Waals surface area contributed by atoms with Crippen LogP contribution in [0.25, 0.3) is 0 Å². The number of rotatable bonds is 7. The van der Waals surface area contributed by atoms with Gasteiger partial charge in [-0.25, -0.2) is 13.2 Å². The summed E-state index contributed by atoms with van der Waals surface area (Å²) >= 11 is 0. The Balaban J connectivity index is 1.76. The zero-order valence-corrected chi connectivity index (χ0v) is 15.4. The van der Waals surface area contributed by atoms with Gasteiger partial charge in [0.25, 0.3) is 0 Å². The number of carbonyl (C=O) groups is 1. The molecule has 1 amide bonds. The lowest BCUT2D eigenvalue weighted by Gasteiger charge is -2.35. The maximum atomic E-state index is 13.9. The molecule has 1 saturated carbocycles. The molecule has 1 heterocycles. The van der Waals surface area contributed by atoms with E-state index in [1.165, 1.54) is 24.3 Å². The van der Waals surface area contributed by atoms with Crippen LogP contribution in [0.2, 0.25) is 0 Å². The van der Waals surface area contributed by atoms with Crippen LogP contribution in [0.15, 0.2) is 42.5 Å². The van der Waals surface area contributed by atoms with Gasteiger partial charge in [0.1, 0.15) is 23.6 Å². The Kier molecular flexibility index (Phi) is 5.40. The summed E-state index contributed by atoms with van der Waals surface area (Å²) < 4.78 is 47.5. The van der Waals surface area contributed by atoms with Gasteiger partial charge in [-0.2, -0.15) is 0 Å². The van der Waals surface area contributed by atoms with Crippen molar-refractivity contribution in [3.63, 3.8) is 0 Å². The number of amides is 1. The van der Waals surface area contributed by atoms with Crippen LogP contribution in [-0.4, -0.2) is 24.0 Å². The predicted molar refractivity (Wildman–Crippen MR) is 97.9 cm³/mol. The minimum Gasteiger partial charge on any atom is -0.371 e. The second-order valence-corrected chi connectivity index (χ2v) is 7.59. The van der Waals surface area contributed by atoms with Crippen molar-refractivity contribution in [2.24, 2.45) is 5.92 Å². The summed E-state index contributed by atoms with van der Waals surface area (Å²) in [4.78, 5) is 14.2. The molecule has 2 fully saturated rings. The smallest absolute Gasteiger partial charge is 0.223 e. The van der Waals surface area contributed by atoms with Crippen molar-refractivity contribution >= 4 is 5.91 Å². The van der Waals surface area contributed by atoms with Crippen LogP contribution >= 0.6 is 0 Å². The fraction of sp³-hybridized carbons (Fsp3) is 0.409. The summed E-state index contributed by atoms with van der Waals surface area (Å²) in [6.07, 6.45) is 2.52. The van der Waals surface area contributed by atoms with Crippen LogP contribution in [0.3, 0.4) is 0 Å². The summed E-state index contributed by atoms with van der Waals surface area (Å²) in [5.41, 5.74) is 1.02. The standard InChI is InChI=1S/C22H22F3NO2/c23-17-7-5-15(6-8-17)21(26-9-1-2-20(26)27)22(28-13-14-3-4-14)16-10-18(24)12-19(25)11-16/h5-8,10-12,14,21-22H,1-4,9,13H2/t21-,22+/m0/s1. The first-order chi connectivity index (χ1) is 13.5. The number of carbonyl (C=O) groups excluding carboxylic acids is 1. The average Bonchev–Trinajstić information content (AvgIpc) is 3.39. The second kappa shape index (κ2) is 7.95. The van der Waals surface area contributed by atoms with Crippen molar-refractivity contribution in [2.75, 3.05) is 13.2 Å². The molecule has 2 atom stereocenters. The Morgan fingerprint density at radius 2 is 1.64 bits per heavy atom. The van der Waals surface area contributed by atoms with E-state index in [2.05, 4.69) is 0 Å². The molecule has 1 aliphatic carbocycles. The SMILES string of the molecule is O=C1CCCN1[C@@H](c1ccc(F)cc1)[C@H](OCC1CC1)c1cc(F)cc(F)c1. The van der Waals surface area contributed by atoms with Crippen LogP contribution in [0.5, 0.6) is 0 Å². The topological polar surface area (TPSA) is 29.5 Å². The van der Waals surface area contributed by atoms with Gasteiger partial charge in [0.15, 0.2) is 0 Å². The Labute approximate surface area is 162 Å². The average molecular weight is 389 g/mol. The zero-order chi connectivity index (χ0) is 19.7. The number of hydrogen-bond donors (Lipinski definition) is 0. The third kappa shape index (κ3) is 4.22. The number of likely N-dealkylation sites (tertiary alicyclic amines) is 1. The van der Waals surface area contributed by atoms with Crippen molar-refractivity contribution in [3.05, 3.63) is 71.0 Å². The zero-order valence-electron chi connectivity index (χ0n) is 15.4. The Bertz CT molecular complexity index is 831. The van der Waals surface area contributed by atoms with E-state index in [9.17, 15) is 18.0 Å². The fourth-order valence-corrected chi connectivity index (χ4v) is 3.77. The molecule has 2 aliphatic rings. The van der Waals surface area contributed by atoms with Gasteiger partial charge in [0, 0.05) is 19.0 Å². The van der Waals surface area contributed by atoms with Gasteiger partial charge in [-0.1, -0.05) is 12.1 Å². The highest BCUT2D eigenvalue weighted by molar-refractivity contribution is 5.78. The fourth-order valence-electron chi connectivity index (χ4n) is 3.77. The lowest BCUT2D eigenvalue weighted by molar-refractivity contribution is -0.133. The third-order valence-electron chi connectivity index (χ3n) is 5.37. The highest BCUT2D eigenvalue weighted by Gasteiger charge is 2.37. The van der Waals surface area contributed by atoms with Gasteiger partial charge in [-0.15, -0.1) is 0 Å². The number of benzene rings is 2. The molecule has 0 N–H and O–H groups in total. The quantitative estimate of drug-likeness (QED) is 0.672. The maximum absolute atomic E-state index is 13.9. The highest BCUT2D eigenvalue weighted by Crippen LogP contribution is 2.41. The normalized spacial score (nSPS) is 19.1. The van der Waals surface area contributed by atoms with Gasteiger partial charge < -0.3 is 9.64 Å². The summed E-state index contributed by atoms with van der Waals surface area (Å²) in [6.45, 7) is 0.991. The molecule has 148 valence electrons. The second-order valence-electron chi connectivity index (χ2n) is 7.59. The molecule has 2 aromatic rings. The molecule has 0 spiro atoms. The van der Waals surface area contributed by atoms with Crippen molar-refractivity contribution in [2.45, 2.75) is 37.8 Å². The van der Waals surface area contributed by atoms with E-state index in [-0.39, 0.29) is 11.7 Å². The first kappa shape index (κ1) is 19.0. The van der Waals surface area contributed by atoms with Crippen molar-refractivity contribution in [3.8, 4) is 0 Å². The van der Waals surface area contributed by atoms with E-state index in [4.69, 9.17) is 4.74 Å². The van der Waals surface area contributed by atoms with Gasteiger partial charge in [0.05, 0.1) is 12.6 Å². The molecular formula is C22H22F3NO2. The van der Waals surface area contributed by atoms with Crippen molar-refractivity contribution in [1.82, 2.24) is 4.90 Å². The molecule has 3 nitrogen and oxygen atoms in total. The van der Waals surface area contributed by atoms with Crippen molar-refractivity contribution in [1.29, 1.82) is 0 Å². The molecule has 28 heavy (non-hydrogen) atoms. The van der Waals surface area contributed by atoms with Gasteiger partial charge in [0.2, 0.25) is 5.91 Å². The number of halogens is 3. The Morgan fingerprint density at radius 1 is 0.964 bits per heavy atom. The first-order valence-electron chi connectivity index (χ1n) is 9.64. The molecule has 0 bridgehead atoms. The van der Waals surface area contributed by atoms with Gasteiger partial charge in [-0.3, -0.25) is 4.79 Å². The molecule has 1 saturated heterocycles. The van der Waals surface area contributed by atoms with Crippen LogP contribution in [-0.2, 0) is 9.53 Å². The van der Waals surface area contributed by atoms with E-state index in [1.807, 2.05) is 0 Å². The van der Waals surface area contributed by atoms with Crippen LogP contribution in [0, 0.1) is 23.4 Å². The van der Waals surface area contributed by atoms with Crippen LogP contribution in [0.1, 0.15) is 49.0 Å². The highest BCUT2D eigenvalue weighted by atomic mass is 19.1. The summed E-state index contributed by atoms with van der Waals surface area (Å²) in [7, 11) is 0. The summed E-state index contributed by atoms with van der Waals surface area (Å²) in [5, 5.41) is 0. The summed E-state index contributed by atoms with van der Waals surface area (Å²) in [5.74, 6) is -1.38. The molecule has 4 rings (SSSR count). The van der Waals surface area contributed by atoms with Crippen LogP contribution < -0.4 is 0 Å². The largest absolute Gasteiger partial charge is 0.371 e. The maximum Gasteiger partial charge on any atom is 0.223 e. The molecule has 2 aromatic carbocycles. The monoisotopic (exact) mass is 389 g/mol. The van der Waals surface area contributed by atoms with Crippen molar-refractivity contribution < 1.29 is 22.7 Å². The lowest BCUT2D eigenvalue weighted by atomic mass is 9.94. The van der Waals surface area contributed by atoms with E-state index >= 15 is 0 Å². The molecule has 0 aromatic heterocycles. The number of hydrogen-bond acceptors (Lipinski definition) is 2. The molecule has 6 heteroatoms.